The number of carbonyl (C=O) groups is 2. The fourth-order valence-electron chi connectivity index (χ4n) is 1.75. The summed E-state index contributed by atoms with van der Waals surface area (Å²) in [6, 6.07) is 6.69. The molecular weight excluding hydrogens is 324 g/mol. The molecule has 1 aromatic rings. The van der Waals surface area contributed by atoms with Gasteiger partial charge in [-0.15, -0.1) is 11.8 Å². The van der Waals surface area contributed by atoms with Crippen molar-refractivity contribution >= 4 is 35.2 Å². The molecule has 1 aliphatic rings. The number of primary amides is 1. The summed E-state index contributed by atoms with van der Waals surface area (Å²) in [5.41, 5.74) is 6.66. The molecule has 0 fully saturated rings. The average Bonchev–Trinajstić information content (AvgIpc) is 2.48. The predicted octanol–water partition coefficient (Wildman–Crippen LogP) is 2.22. The molecular formula is C15H15ClN2O3S. The molecule has 7 heteroatoms. The Balaban J connectivity index is 1.97. The summed E-state index contributed by atoms with van der Waals surface area (Å²) in [7, 11) is 0. The molecule has 0 saturated carbocycles. The lowest BCUT2D eigenvalue weighted by atomic mass is 10.2. The highest BCUT2D eigenvalue weighted by Gasteiger charge is 2.18. The molecule has 0 radical (unpaired) electrons. The molecule has 0 bridgehead atoms. The van der Waals surface area contributed by atoms with Crippen molar-refractivity contribution < 1.29 is 14.3 Å². The van der Waals surface area contributed by atoms with Crippen LogP contribution in [0.15, 0.2) is 46.5 Å². The van der Waals surface area contributed by atoms with Crippen LogP contribution in [-0.2, 0) is 9.59 Å². The van der Waals surface area contributed by atoms with Gasteiger partial charge >= 0.3 is 0 Å². The van der Waals surface area contributed by atoms with Crippen molar-refractivity contribution in [2.45, 2.75) is 6.92 Å². The molecule has 5 nitrogen and oxygen atoms in total. The van der Waals surface area contributed by atoms with Crippen LogP contribution in [-0.4, -0.2) is 24.2 Å². The van der Waals surface area contributed by atoms with Gasteiger partial charge in [-0.3, -0.25) is 9.59 Å². The number of benzene rings is 1. The Morgan fingerprint density at radius 2 is 2.05 bits per heavy atom. The molecule has 0 atom stereocenters. The van der Waals surface area contributed by atoms with E-state index in [0.29, 0.717) is 27.1 Å². The lowest BCUT2D eigenvalue weighted by Crippen LogP contribution is -2.31. The van der Waals surface area contributed by atoms with Gasteiger partial charge in [0.1, 0.15) is 5.75 Å². The number of nitrogens with one attached hydrogen (secondary N) is 1. The summed E-state index contributed by atoms with van der Waals surface area (Å²) >= 11 is 7.13. The topological polar surface area (TPSA) is 81.4 Å². The van der Waals surface area contributed by atoms with Crippen molar-refractivity contribution in [3.63, 3.8) is 0 Å². The third-order valence-electron chi connectivity index (χ3n) is 2.78. The van der Waals surface area contributed by atoms with E-state index in [1.54, 1.807) is 30.3 Å². The van der Waals surface area contributed by atoms with Gasteiger partial charge in [-0.2, -0.15) is 0 Å². The number of nitrogens with two attached hydrogens (primary N) is 1. The first-order chi connectivity index (χ1) is 10.5. The zero-order valence-corrected chi connectivity index (χ0v) is 13.5. The van der Waals surface area contributed by atoms with Crippen LogP contribution in [0.5, 0.6) is 5.75 Å². The van der Waals surface area contributed by atoms with Crippen LogP contribution in [0.25, 0.3) is 0 Å². The van der Waals surface area contributed by atoms with E-state index in [1.807, 2.05) is 6.92 Å². The average molecular weight is 339 g/mol. The first kappa shape index (κ1) is 16.5. The molecule has 1 aromatic carbocycles. The van der Waals surface area contributed by atoms with Crippen LogP contribution in [0.2, 0.25) is 5.02 Å². The lowest BCUT2D eigenvalue weighted by molar-refractivity contribution is -0.122. The van der Waals surface area contributed by atoms with E-state index in [1.165, 1.54) is 11.8 Å². The minimum atomic E-state index is -0.569. The summed E-state index contributed by atoms with van der Waals surface area (Å²) in [6.07, 6.45) is 1.69. The molecule has 1 aliphatic heterocycles. The number of amides is 2. The Morgan fingerprint density at radius 1 is 1.36 bits per heavy atom. The highest BCUT2D eigenvalue weighted by Crippen LogP contribution is 2.26. The quantitative estimate of drug-likeness (QED) is 0.862. The van der Waals surface area contributed by atoms with Crippen molar-refractivity contribution in [2.75, 3.05) is 12.4 Å². The van der Waals surface area contributed by atoms with Gasteiger partial charge in [0.05, 0.1) is 10.6 Å². The Hall–Kier alpha value is -1.92. The molecule has 3 N–H and O–H groups in total. The van der Waals surface area contributed by atoms with Crippen LogP contribution in [0.3, 0.4) is 0 Å². The molecule has 0 saturated heterocycles. The second-order valence-corrected chi connectivity index (χ2v) is 6.10. The van der Waals surface area contributed by atoms with Crippen molar-refractivity contribution in [1.29, 1.82) is 0 Å². The van der Waals surface area contributed by atoms with Crippen LogP contribution in [0.1, 0.15) is 6.92 Å². The number of hydrogen-bond acceptors (Lipinski definition) is 4. The highest BCUT2D eigenvalue weighted by molar-refractivity contribution is 8.03. The Bertz CT molecular complexity index is 653. The number of halogens is 1. The number of thioether (sulfide) groups is 1. The Labute approximate surface area is 137 Å². The van der Waals surface area contributed by atoms with Gasteiger partial charge in [0.25, 0.3) is 11.8 Å². The van der Waals surface area contributed by atoms with Crippen molar-refractivity contribution in [1.82, 2.24) is 5.32 Å². The lowest BCUT2D eigenvalue weighted by Gasteiger charge is -2.17. The third-order valence-corrected chi connectivity index (χ3v) is 4.24. The van der Waals surface area contributed by atoms with Crippen molar-refractivity contribution in [2.24, 2.45) is 5.73 Å². The van der Waals surface area contributed by atoms with E-state index in [9.17, 15) is 9.59 Å². The standard InChI is InChI=1S/C15H15ClN2O3S/c1-9-6-12(14(17)20)15(22-8-9)18-13(19)7-21-11-4-2-10(16)3-5-11/h2-6H,7-8H2,1H3,(H2,17,20)(H,18,19). The highest BCUT2D eigenvalue weighted by atomic mass is 35.5. The smallest absolute Gasteiger partial charge is 0.262 e. The number of ether oxygens (including phenoxy) is 1. The summed E-state index contributed by atoms with van der Waals surface area (Å²) in [4.78, 5) is 23.3. The van der Waals surface area contributed by atoms with E-state index in [4.69, 9.17) is 22.1 Å². The van der Waals surface area contributed by atoms with E-state index < -0.39 is 5.91 Å². The molecule has 0 unspecified atom stereocenters. The molecule has 116 valence electrons. The van der Waals surface area contributed by atoms with Gasteiger partial charge in [-0.1, -0.05) is 17.2 Å². The molecule has 2 rings (SSSR count). The summed E-state index contributed by atoms with van der Waals surface area (Å²) < 4.78 is 5.35. The maximum absolute atomic E-state index is 11.9. The van der Waals surface area contributed by atoms with E-state index in [2.05, 4.69) is 5.32 Å². The zero-order chi connectivity index (χ0) is 16.1. The molecule has 0 aromatic heterocycles. The monoisotopic (exact) mass is 338 g/mol. The van der Waals surface area contributed by atoms with Gasteiger partial charge in [0.15, 0.2) is 6.61 Å². The second-order valence-electron chi connectivity index (χ2n) is 4.68. The normalized spacial score (nSPS) is 14.4. The van der Waals surface area contributed by atoms with Crippen LogP contribution >= 0.6 is 23.4 Å². The fourth-order valence-corrected chi connectivity index (χ4v) is 2.83. The summed E-state index contributed by atoms with van der Waals surface area (Å²) in [6.45, 7) is 1.73. The molecule has 0 spiro atoms. The fraction of sp³-hybridized carbons (Fsp3) is 0.200. The largest absolute Gasteiger partial charge is 0.484 e. The third kappa shape index (κ3) is 4.54. The van der Waals surface area contributed by atoms with Gasteiger partial charge in [-0.25, -0.2) is 0 Å². The Morgan fingerprint density at radius 3 is 2.68 bits per heavy atom. The van der Waals surface area contributed by atoms with Gasteiger partial charge < -0.3 is 15.8 Å². The first-order valence-electron chi connectivity index (χ1n) is 6.48. The minimum absolute atomic E-state index is 0.166. The van der Waals surface area contributed by atoms with Crippen molar-refractivity contribution in [3.8, 4) is 5.75 Å². The second kappa shape index (κ2) is 7.38. The van der Waals surface area contributed by atoms with Crippen LogP contribution in [0.4, 0.5) is 0 Å². The molecule has 22 heavy (non-hydrogen) atoms. The maximum atomic E-state index is 11.9. The van der Waals surface area contributed by atoms with Gasteiger partial charge in [0, 0.05) is 10.8 Å². The SMILES string of the molecule is CC1=CC(C(N)=O)=C(NC(=O)COc2ccc(Cl)cc2)SC1. The summed E-state index contributed by atoms with van der Waals surface area (Å²) in [5.74, 6) is 0.310. The maximum Gasteiger partial charge on any atom is 0.262 e. The first-order valence-corrected chi connectivity index (χ1v) is 7.84. The molecule has 1 heterocycles. The van der Waals surface area contributed by atoms with Crippen LogP contribution in [0, 0.1) is 0 Å². The summed E-state index contributed by atoms with van der Waals surface area (Å²) in [5, 5.41) is 3.71. The molecule has 0 aliphatic carbocycles. The van der Waals surface area contributed by atoms with Crippen LogP contribution < -0.4 is 15.8 Å². The molecule has 2 amide bonds. The van der Waals surface area contributed by atoms with E-state index in [-0.39, 0.29) is 12.5 Å². The van der Waals surface area contributed by atoms with Gasteiger partial charge in [-0.05, 0) is 37.3 Å². The van der Waals surface area contributed by atoms with Gasteiger partial charge in [0.2, 0.25) is 0 Å². The van der Waals surface area contributed by atoms with E-state index in [0.717, 1.165) is 5.57 Å². The number of carbonyl (C=O) groups excluding carboxylic acids is 2. The zero-order valence-electron chi connectivity index (χ0n) is 11.9. The Kier molecular flexibility index (Phi) is 5.51. The van der Waals surface area contributed by atoms with Crippen molar-refractivity contribution in [3.05, 3.63) is 51.5 Å². The number of rotatable bonds is 5. The predicted molar refractivity (Wildman–Crippen MR) is 87.5 cm³/mol. The number of hydrogen-bond donors (Lipinski definition) is 2. The van der Waals surface area contributed by atoms with E-state index >= 15 is 0 Å². The minimum Gasteiger partial charge on any atom is -0.484 e.